The number of amides is 1. The van der Waals surface area contributed by atoms with Gasteiger partial charge in [0.25, 0.3) is 5.91 Å². The maximum Gasteiger partial charge on any atom is 0.326 e. The summed E-state index contributed by atoms with van der Waals surface area (Å²) in [6.07, 6.45) is 1.80. The molecule has 0 fully saturated rings. The van der Waals surface area contributed by atoms with Crippen molar-refractivity contribution < 1.29 is 23.9 Å². The summed E-state index contributed by atoms with van der Waals surface area (Å²) in [4.78, 5) is 39.7. The van der Waals surface area contributed by atoms with E-state index in [-0.39, 0.29) is 30.4 Å². The number of esters is 2. The monoisotopic (exact) mass is 453 g/mol. The van der Waals surface area contributed by atoms with Crippen LogP contribution in [0.3, 0.4) is 0 Å². The number of rotatable bonds is 5. The van der Waals surface area contributed by atoms with Gasteiger partial charge in [-0.2, -0.15) is 0 Å². The fourth-order valence-electron chi connectivity index (χ4n) is 3.37. The van der Waals surface area contributed by atoms with Crippen molar-refractivity contribution in [1.29, 1.82) is 0 Å². The highest BCUT2D eigenvalue weighted by molar-refractivity contribution is 8.04. The van der Waals surface area contributed by atoms with Crippen molar-refractivity contribution >= 4 is 41.4 Å². The Balaban J connectivity index is 2.02. The van der Waals surface area contributed by atoms with Crippen molar-refractivity contribution in [1.82, 2.24) is 0 Å². The lowest BCUT2D eigenvalue weighted by atomic mass is 9.85. The van der Waals surface area contributed by atoms with Crippen molar-refractivity contribution in [2.75, 3.05) is 18.1 Å². The molecular weight excluding hydrogens is 426 g/mol. The van der Waals surface area contributed by atoms with Crippen LogP contribution >= 0.6 is 11.8 Å². The van der Waals surface area contributed by atoms with Gasteiger partial charge in [-0.05, 0) is 48.2 Å². The molecule has 0 N–H and O–H groups in total. The number of benzene rings is 2. The van der Waals surface area contributed by atoms with Crippen molar-refractivity contribution in [2.45, 2.75) is 44.9 Å². The Morgan fingerprint density at radius 2 is 1.84 bits per heavy atom. The summed E-state index contributed by atoms with van der Waals surface area (Å²) in [5.74, 6) is -0.597. The first-order valence-corrected chi connectivity index (χ1v) is 11.2. The van der Waals surface area contributed by atoms with Crippen LogP contribution in [0.4, 0.5) is 5.69 Å². The standard InChI is InChI=1S/C25H27NO5S/c1-6-30-23(28)15-26-19-9-7-8-10-21(19)32-22(24(26)29)14-17-11-12-20(31-16(2)27)18(13-17)25(3,4)5/h7-14H,6,15H2,1-5H3/b22-14+. The summed E-state index contributed by atoms with van der Waals surface area (Å²) >= 11 is 1.36. The first-order valence-electron chi connectivity index (χ1n) is 10.4. The molecule has 1 amide bonds. The second-order valence-corrected chi connectivity index (χ2v) is 9.46. The summed E-state index contributed by atoms with van der Waals surface area (Å²) in [5.41, 5.74) is 2.08. The number of ether oxygens (including phenoxy) is 2. The van der Waals surface area contributed by atoms with Crippen molar-refractivity contribution in [2.24, 2.45) is 0 Å². The molecule has 1 aliphatic heterocycles. The van der Waals surface area contributed by atoms with E-state index in [1.54, 1.807) is 19.1 Å². The van der Waals surface area contributed by atoms with Gasteiger partial charge in [-0.1, -0.05) is 50.7 Å². The van der Waals surface area contributed by atoms with Crippen molar-refractivity contribution in [3.63, 3.8) is 0 Å². The summed E-state index contributed by atoms with van der Waals surface area (Å²) in [7, 11) is 0. The van der Waals surface area contributed by atoms with Crippen molar-refractivity contribution in [3.05, 3.63) is 58.5 Å². The second kappa shape index (κ2) is 9.61. The summed E-state index contributed by atoms with van der Waals surface area (Å²) in [6.45, 7) is 9.30. The van der Waals surface area contributed by atoms with Crippen LogP contribution in [-0.2, 0) is 24.5 Å². The predicted molar refractivity (Wildman–Crippen MR) is 126 cm³/mol. The number of thioether (sulfide) groups is 1. The van der Waals surface area contributed by atoms with Gasteiger partial charge >= 0.3 is 11.9 Å². The van der Waals surface area contributed by atoms with Crippen LogP contribution in [-0.4, -0.2) is 31.0 Å². The molecule has 0 radical (unpaired) electrons. The highest BCUT2D eigenvalue weighted by Gasteiger charge is 2.31. The molecule has 0 bridgehead atoms. The Labute approximate surface area is 192 Å². The third kappa shape index (κ3) is 5.40. The Morgan fingerprint density at radius 3 is 2.50 bits per heavy atom. The first kappa shape index (κ1) is 23.6. The lowest BCUT2D eigenvalue weighted by Gasteiger charge is -2.29. The molecule has 3 rings (SSSR count). The Kier molecular flexibility index (Phi) is 7.09. The van der Waals surface area contributed by atoms with Gasteiger partial charge in [0.15, 0.2) is 0 Å². The van der Waals surface area contributed by atoms with Gasteiger partial charge in [0, 0.05) is 17.4 Å². The predicted octanol–water partition coefficient (Wildman–Crippen LogP) is 4.95. The van der Waals surface area contributed by atoms with E-state index in [9.17, 15) is 14.4 Å². The zero-order valence-electron chi connectivity index (χ0n) is 18.9. The van der Waals surface area contributed by atoms with Gasteiger partial charge < -0.3 is 9.47 Å². The molecule has 0 aliphatic carbocycles. The van der Waals surface area contributed by atoms with Crippen LogP contribution in [0.25, 0.3) is 6.08 Å². The average Bonchev–Trinajstić information content (AvgIpc) is 2.71. The first-order chi connectivity index (χ1) is 15.1. The van der Waals surface area contributed by atoms with Gasteiger partial charge in [0.2, 0.25) is 0 Å². The highest BCUT2D eigenvalue weighted by atomic mass is 32.2. The third-order valence-electron chi connectivity index (χ3n) is 4.79. The Bertz CT molecular complexity index is 1080. The smallest absolute Gasteiger partial charge is 0.326 e. The zero-order chi connectivity index (χ0) is 23.5. The van der Waals surface area contributed by atoms with E-state index >= 15 is 0 Å². The van der Waals surface area contributed by atoms with E-state index in [4.69, 9.17) is 9.47 Å². The number of hydrogen-bond acceptors (Lipinski definition) is 6. The maximum absolute atomic E-state index is 13.3. The maximum atomic E-state index is 13.3. The second-order valence-electron chi connectivity index (χ2n) is 8.37. The Morgan fingerprint density at radius 1 is 1.12 bits per heavy atom. The molecule has 32 heavy (non-hydrogen) atoms. The fraction of sp³-hybridized carbons (Fsp3) is 0.320. The summed E-state index contributed by atoms with van der Waals surface area (Å²) in [5, 5.41) is 0. The molecule has 1 heterocycles. The molecule has 168 valence electrons. The lowest BCUT2D eigenvalue weighted by Crippen LogP contribution is -2.39. The minimum Gasteiger partial charge on any atom is -0.465 e. The van der Waals surface area contributed by atoms with Gasteiger partial charge in [0.05, 0.1) is 17.2 Å². The van der Waals surface area contributed by atoms with E-state index in [1.165, 1.54) is 23.6 Å². The fourth-order valence-corrected chi connectivity index (χ4v) is 4.43. The van der Waals surface area contributed by atoms with E-state index in [0.717, 1.165) is 16.0 Å². The topological polar surface area (TPSA) is 72.9 Å². The quantitative estimate of drug-likeness (QED) is 0.362. The molecule has 0 aromatic heterocycles. The van der Waals surface area contributed by atoms with Gasteiger partial charge in [-0.15, -0.1) is 0 Å². The number of anilines is 1. The minimum atomic E-state index is -0.456. The van der Waals surface area contributed by atoms with Crippen LogP contribution in [0, 0.1) is 0 Å². The van der Waals surface area contributed by atoms with Crippen LogP contribution in [0.15, 0.2) is 52.3 Å². The van der Waals surface area contributed by atoms with Crippen LogP contribution in [0.2, 0.25) is 0 Å². The van der Waals surface area contributed by atoms with Gasteiger partial charge in [-0.3, -0.25) is 19.3 Å². The average molecular weight is 454 g/mol. The molecule has 0 saturated heterocycles. The molecule has 7 heteroatoms. The number of para-hydroxylation sites is 1. The molecule has 0 unspecified atom stereocenters. The third-order valence-corrected chi connectivity index (χ3v) is 5.87. The summed E-state index contributed by atoms with van der Waals surface area (Å²) in [6, 6.07) is 13.0. The van der Waals surface area contributed by atoms with Crippen molar-refractivity contribution in [3.8, 4) is 5.75 Å². The van der Waals surface area contributed by atoms with E-state index in [2.05, 4.69) is 0 Å². The molecule has 6 nitrogen and oxygen atoms in total. The zero-order valence-corrected chi connectivity index (χ0v) is 19.7. The van der Waals surface area contributed by atoms with E-state index in [1.807, 2.05) is 57.2 Å². The molecule has 2 aromatic rings. The lowest BCUT2D eigenvalue weighted by molar-refractivity contribution is -0.142. The van der Waals surface area contributed by atoms with Gasteiger partial charge in [0.1, 0.15) is 12.3 Å². The molecule has 2 aromatic carbocycles. The Hall–Kier alpha value is -3.06. The number of fused-ring (bicyclic) bond motifs is 1. The number of nitrogens with zero attached hydrogens (tertiary/aromatic N) is 1. The van der Waals surface area contributed by atoms with Crippen LogP contribution < -0.4 is 9.64 Å². The van der Waals surface area contributed by atoms with Crippen LogP contribution in [0.5, 0.6) is 5.75 Å². The minimum absolute atomic E-state index is 0.153. The van der Waals surface area contributed by atoms with Crippen LogP contribution in [0.1, 0.15) is 45.7 Å². The highest BCUT2D eigenvalue weighted by Crippen LogP contribution is 2.42. The molecular formula is C25H27NO5S. The van der Waals surface area contributed by atoms with E-state index < -0.39 is 5.97 Å². The number of carbonyl (C=O) groups excluding carboxylic acids is 3. The SMILES string of the molecule is CCOC(=O)CN1C(=O)/C(=C\c2ccc(OC(C)=O)c(C(C)(C)C)c2)Sc2ccccc21. The summed E-state index contributed by atoms with van der Waals surface area (Å²) < 4.78 is 10.4. The molecule has 1 aliphatic rings. The molecule has 0 saturated carbocycles. The number of hydrogen-bond donors (Lipinski definition) is 0. The van der Waals surface area contributed by atoms with Gasteiger partial charge in [-0.25, -0.2) is 0 Å². The van der Waals surface area contributed by atoms with E-state index in [0.29, 0.717) is 16.3 Å². The number of carbonyl (C=O) groups is 3. The largest absolute Gasteiger partial charge is 0.465 e. The normalized spacial score (nSPS) is 14.8. The molecule has 0 atom stereocenters. The molecule has 0 spiro atoms.